The summed E-state index contributed by atoms with van der Waals surface area (Å²) in [6.45, 7) is 1.92. The minimum Gasteiger partial charge on any atom is -0.338 e. The van der Waals surface area contributed by atoms with Crippen LogP contribution in [0.1, 0.15) is 25.1 Å². The van der Waals surface area contributed by atoms with Gasteiger partial charge in [-0.15, -0.1) is 0 Å². The smallest absolute Gasteiger partial charge is 0.137 e. The van der Waals surface area contributed by atoms with Crippen molar-refractivity contribution in [3.8, 4) is 0 Å². The Morgan fingerprint density at radius 1 is 1.69 bits per heavy atom. The number of imidazole rings is 1. The Bertz CT molecular complexity index is 353. The van der Waals surface area contributed by atoms with Crippen molar-refractivity contribution in [3.05, 3.63) is 18.2 Å². The molecule has 1 aliphatic rings. The van der Waals surface area contributed by atoms with Gasteiger partial charge in [0.2, 0.25) is 0 Å². The van der Waals surface area contributed by atoms with Gasteiger partial charge in [-0.1, -0.05) is 0 Å². The monoisotopic (exact) mass is 221 g/mol. The van der Waals surface area contributed by atoms with E-state index >= 15 is 0 Å². The summed E-state index contributed by atoms with van der Waals surface area (Å²) in [5.41, 5.74) is 0. The van der Waals surface area contributed by atoms with E-state index in [4.69, 9.17) is 0 Å². The van der Waals surface area contributed by atoms with E-state index in [2.05, 4.69) is 10.3 Å². The van der Waals surface area contributed by atoms with E-state index < -0.39 is 0 Å². The molecule has 2 rings (SSSR count). The number of ketones is 1. The van der Waals surface area contributed by atoms with Crippen LogP contribution in [-0.2, 0) is 18.3 Å². The van der Waals surface area contributed by atoms with E-state index in [0.29, 0.717) is 12.2 Å². The predicted octanol–water partition coefficient (Wildman–Crippen LogP) is 0.921. The standard InChI is InChI=1S/C12H19N3O/c1-15-8-7-14-12(15)5-4-11(16)10-3-2-6-13-9-10/h7-8,10,13H,2-6,9H2,1H3. The molecule has 1 atom stereocenters. The van der Waals surface area contributed by atoms with Crippen molar-refractivity contribution in [1.82, 2.24) is 14.9 Å². The Labute approximate surface area is 96.1 Å². The molecule has 1 fully saturated rings. The largest absolute Gasteiger partial charge is 0.338 e. The second-order valence-electron chi connectivity index (χ2n) is 4.46. The molecule has 1 unspecified atom stereocenters. The minimum absolute atomic E-state index is 0.231. The lowest BCUT2D eigenvalue weighted by Gasteiger charge is -2.21. The van der Waals surface area contributed by atoms with Crippen LogP contribution in [0.4, 0.5) is 0 Å². The summed E-state index contributed by atoms with van der Waals surface area (Å²) in [5, 5.41) is 3.28. The van der Waals surface area contributed by atoms with Gasteiger partial charge in [0, 0.05) is 44.7 Å². The molecule has 0 bridgehead atoms. The second kappa shape index (κ2) is 5.25. The highest BCUT2D eigenvalue weighted by atomic mass is 16.1. The lowest BCUT2D eigenvalue weighted by atomic mass is 9.92. The van der Waals surface area contributed by atoms with Crippen LogP contribution in [0.5, 0.6) is 0 Å². The molecule has 16 heavy (non-hydrogen) atoms. The molecule has 4 heteroatoms. The van der Waals surface area contributed by atoms with Crippen molar-refractivity contribution < 1.29 is 4.79 Å². The van der Waals surface area contributed by atoms with Gasteiger partial charge in [-0.2, -0.15) is 0 Å². The highest BCUT2D eigenvalue weighted by Crippen LogP contribution is 2.14. The number of nitrogens with one attached hydrogen (secondary N) is 1. The van der Waals surface area contributed by atoms with Crippen molar-refractivity contribution in [3.63, 3.8) is 0 Å². The van der Waals surface area contributed by atoms with Crippen molar-refractivity contribution in [2.24, 2.45) is 13.0 Å². The first-order valence-electron chi connectivity index (χ1n) is 5.97. The molecular formula is C12H19N3O. The zero-order valence-corrected chi connectivity index (χ0v) is 9.78. The first kappa shape index (κ1) is 11.3. The van der Waals surface area contributed by atoms with Crippen LogP contribution in [0.2, 0.25) is 0 Å². The van der Waals surface area contributed by atoms with Gasteiger partial charge in [-0.05, 0) is 19.4 Å². The van der Waals surface area contributed by atoms with Gasteiger partial charge in [-0.25, -0.2) is 4.98 Å². The van der Waals surface area contributed by atoms with Gasteiger partial charge < -0.3 is 9.88 Å². The summed E-state index contributed by atoms with van der Waals surface area (Å²) < 4.78 is 1.98. The van der Waals surface area contributed by atoms with Crippen molar-refractivity contribution >= 4 is 5.78 Å². The molecule has 4 nitrogen and oxygen atoms in total. The lowest BCUT2D eigenvalue weighted by Crippen LogP contribution is -2.34. The molecule has 0 aromatic carbocycles. The average molecular weight is 221 g/mol. The number of nitrogens with zero attached hydrogens (tertiary/aromatic N) is 2. The molecule has 88 valence electrons. The molecule has 0 spiro atoms. The van der Waals surface area contributed by atoms with Crippen LogP contribution in [0.3, 0.4) is 0 Å². The predicted molar refractivity (Wildman–Crippen MR) is 62.1 cm³/mol. The Morgan fingerprint density at radius 2 is 2.56 bits per heavy atom. The first-order chi connectivity index (χ1) is 7.77. The lowest BCUT2D eigenvalue weighted by molar-refractivity contribution is -0.123. The zero-order valence-electron chi connectivity index (χ0n) is 9.78. The van der Waals surface area contributed by atoms with Crippen molar-refractivity contribution in [2.75, 3.05) is 13.1 Å². The van der Waals surface area contributed by atoms with E-state index in [-0.39, 0.29) is 5.92 Å². The molecule has 1 aromatic rings. The molecule has 0 radical (unpaired) electrons. The maximum absolute atomic E-state index is 11.9. The average Bonchev–Trinajstić information content (AvgIpc) is 2.73. The van der Waals surface area contributed by atoms with Crippen LogP contribution in [0, 0.1) is 5.92 Å². The number of carbonyl (C=O) groups is 1. The highest BCUT2D eigenvalue weighted by Gasteiger charge is 2.20. The molecule has 0 amide bonds. The second-order valence-corrected chi connectivity index (χ2v) is 4.46. The summed E-state index contributed by atoms with van der Waals surface area (Å²) >= 11 is 0. The number of hydrogen-bond acceptors (Lipinski definition) is 3. The Hall–Kier alpha value is -1.16. The summed E-state index contributed by atoms with van der Waals surface area (Å²) in [4.78, 5) is 16.2. The van der Waals surface area contributed by atoms with Gasteiger partial charge >= 0.3 is 0 Å². The fraction of sp³-hybridized carbons (Fsp3) is 0.667. The van der Waals surface area contributed by atoms with Gasteiger partial charge in [0.1, 0.15) is 11.6 Å². The molecular weight excluding hydrogens is 202 g/mol. The van der Waals surface area contributed by atoms with E-state index in [0.717, 1.165) is 38.2 Å². The summed E-state index contributed by atoms with van der Waals surface area (Å²) in [5.74, 6) is 1.61. The number of hydrogen-bond donors (Lipinski definition) is 1. The molecule has 1 aliphatic heterocycles. The summed E-state index contributed by atoms with van der Waals surface area (Å²) in [7, 11) is 1.97. The number of aromatic nitrogens is 2. The molecule has 1 aromatic heterocycles. The maximum Gasteiger partial charge on any atom is 0.137 e. The molecule has 1 N–H and O–H groups in total. The molecule has 0 saturated carbocycles. The van der Waals surface area contributed by atoms with Gasteiger partial charge in [0.05, 0.1) is 0 Å². The zero-order chi connectivity index (χ0) is 11.4. The van der Waals surface area contributed by atoms with Crippen molar-refractivity contribution in [2.45, 2.75) is 25.7 Å². The van der Waals surface area contributed by atoms with E-state index in [1.165, 1.54) is 0 Å². The third-order valence-corrected chi connectivity index (χ3v) is 3.27. The fourth-order valence-corrected chi connectivity index (χ4v) is 2.20. The Kier molecular flexibility index (Phi) is 3.72. The summed E-state index contributed by atoms with van der Waals surface area (Å²) in [6.07, 6.45) is 7.26. The fourth-order valence-electron chi connectivity index (χ4n) is 2.20. The third kappa shape index (κ3) is 2.70. The summed E-state index contributed by atoms with van der Waals surface area (Å²) in [6, 6.07) is 0. The SMILES string of the molecule is Cn1ccnc1CCC(=O)C1CCCNC1. The van der Waals surface area contributed by atoms with Gasteiger partial charge in [0.15, 0.2) is 0 Å². The number of aryl methyl sites for hydroxylation is 2. The number of piperidine rings is 1. The van der Waals surface area contributed by atoms with Crippen LogP contribution in [0.15, 0.2) is 12.4 Å². The first-order valence-corrected chi connectivity index (χ1v) is 5.97. The van der Waals surface area contributed by atoms with Crippen molar-refractivity contribution in [1.29, 1.82) is 0 Å². The van der Waals surface area contributed by atoms with Gasteiger partial charge in [-0.3, -0.25) is 4.79 Å². The maximum atomic E-state index is 11.9. The Balaban J connectivity index is 1.81. The quantitative estimate of drug-likeness (QED) is 0.822. The molecule has 0 aliphatic carbocycles. The number of carbonyl (C=O) groups excluding carboxylic acids is 1. The van der Waals surface area contributed by atoms with Crippen LogP contribution in [-0.4, -0.2) is 28.4 Å². The van der Waals surface area contributed by atoms with Gasteiger partial charge in [0.25, 0.3) is 0 Å². The number of Topliss-reactive ketones (excluding diaryl/α,β-unsaturated/α-hetero) is 1. The molecule has 2 heterocycles. The van der Waals surface area contributed by atoms with E-state index in [1.54, 1.807) is 6.20 Å². The van der Waals surface area contributed by atoms with E-state index in [9.17, 15) is 4.79 Å². The van der Waals surface area contributed by atoms with Crippen LogP contribution >= 0.6 is 0 Å². The third-order valence-electron chi connectivity index (χ3n) is 3.27. The minimum atomic E-state index is 0.231. The number of rotatable bonds is 4. The van der Waals surface area contributed by atoms with Crippen LogP contribution < -0.4 is 5.32 Å². The van der Waals surface area contributed by atoms with Crippen LogP contribution in [0.25, 0.3) is 0 Å². The normalized spacial score (nSPS) is 20.9. The topological polar surface area (TPSA) is 46.9 Å². The molecule has 1 saturated heterocycles. The Morgan fingerprint density at radius 3 is 3.19 bits per heavy atom. The highest BCUT2D eigenvalue weighted by molar-refractivity contribution is 5.81. The van der Waals surface area contributed by atoms with E-state index in [1.807, 2.05) is 17.8 Å².